The van der Waals surface area contributed by atoms with Crippen LogP contribution in [0.5, 0.6) is 5.75 Å². The number of anilines is 1. The maximum atomic E-state index is 12.0. The zero-order chi connectivity index (χ0) is 16.8. The summed E-state index contributed by atoms with van der Waals surface area (Å²) in [5.74, 6) is 0.519. The number of aryl methyl sites for hydroxylation is 1. The number of ether oxygens (including phenoxy) is 1. The number of nitrogens with one attached hydrogen (secondary N) is 1. The predicted octanol–water partition coefficient (Wildman–Crippen LogP) is 4.06. The average molecular weight is 338 g/mol. The van der Waals surface area contributed by atoms with Crippen molar-refractivity contribution in [2.24, 2.45) is 0 Å². The van der Waals surface area contributed by atoms with Crippen molar-refractivity contribution in [3.63, 3.8) is 0 Å². The number of para-hydroxylation sites is 1. The summed E-state index contributed by atoms with van der Waals surface area (Å²) in [5.41, 5.74) is 2.26. The first-order chi connectivity index (χ1) is 11.7. The maximum absolute atomic E-state index is 12.0. The van der Waals surface area contributed by atoms with Crippen LogP contribution in [0.2, 0.25) is 0 Å². The van der Waals surface area contributed by atoms with Crippen LogP contribution in [0.3, 0.4) is 0 Å². The zero-order valence-electron chi connectivity index (χ0n) is 13.4. The molecule has 3 rings (SSSR count). The lowest BCUT2D eigenvalue weighted by Gasteiger charge is -2.11. The monoisotopic (exact) mass is 338 g/mol. The molecule has 4 nitrogen and oxygen atoms in total. The molecule has 0 aliphatic heterocycles. The summed E-state index contributed by atoms with van der Waals surface area (Å²) in [4.78, 5) is 17.2. The first-order valence-corrected chi connectivity index (χ1v) is 8.49. The van der Waals surface area contributed by atoms with Gasteiger partial charge in [0.25, 0.3) is 5.91 Å². The van der Waals surface area contributed by atoms with Crippen molar-refractivity contribution < 1.29 is 9.53 Å². The number of benzene rings is 2. The number of aromatic nitrogens is 1. The SMILES string of the molecule is Cc1cnc(NC(=O)COc2ccccc2Cc2ccccc2)s1. The Bertz CT molecular complexity index is 815. The molecule has 0 saturated carbocycles. The third-order valence-corrected chi connectivity index (χ3v) is 4.26. The van der Waals surface area contributed by atoms with Crippen LogP contribution in [0.1, 0.15) is 16.0 Å². The first-order valence-electron chi connectivity index (χ1n) is 7.67. The molecule has 24 heavy (non-hydrogen) atoms. The molecular weight excluding hydrogens is 320 g/mol. The topological polar surface area (TPSA) is 51.2 Å². The molecule has 0 saturated heterocycles. The minimum absolute atomic E-state index is 0.0373. The fourth-order valence-corrected chi connectivity index (χ4v) is 3.00. The summed E-state index contributed by atoms with van der Waals surface area (Å²) in [5, 5.41) is 3.34. The van der Waals surface area contributed by atoms with Crippen molar-refractivity contribution in [1.29, 1.82) is 0 Å². The van der Waals surface area contributed by atoms with Gasteiger partial charge in [-0.25, -0.2) is 4.98 Å². The van der Waals surface area contributed by atoms with Crippen molar-refractivity contribution in [2.75, 3.05) is 11.9 Å². The third-order valence-electron chi connectivity index (χ3n) is 3.44. The second kappa shape index (κ2) is 7.75. The fourth-order valence-electron chi connectivity index (χ4n) is 2.32. The molecule has 0 spiro atoms. The number of nitrogens with zero attached hydrogens (tertiary/aromatic N) is 1. The minimum Gasteiger partial charge on any atom is -0.483 e. The number of amides is 1. The number of rotatable bonds is 6. The molecule has 0 unspecified atom stereocenters. The zero-order valence-corrected chi connectivity index (χ0v) is 14.2. The van der Waals surface area contributed by atoms with E-state index in [4.69, 9.17) is 4.74 Å². The molecule has 0 fully saturated rings. The second-order valence-corrected chi connectivity index (χ2v) is 6.62. The Morgan fingerprint density at radius 2 is 1.88 bits per heavy atom. The predicted molar refractivity (Wildman–Crippen MR) is 96.7 cm³/mol. The number of thiazole rings is 1. The Labute approximate surface area is 145 Å². The van der Waals surface area contributed by atoms with Gasteiger partial charge in [0.1, 0.15) is 5.75 Å². The van der Waals surface area contributed by atoms with Crippen LogP contribution >= 0.6 is 11.3 Å². The van der Waals surface area contributed by atoms with E-state index < -0.39 is 0 Å². The van der Waals surface area contributed by atoms with E-state index in [1.165, 1.54) is 16.9 Å². The van der Waals surface area contributed by atoms with Crippen molar-refractivity contribution in [2.45, 2.75) is 13.3 Å². The summed E-state index contributed by atoms with van der Waals surface area (Å²) in [6.45, 7) is 1.91. The van der Waals surface area contributed by atoms with Gasteiger partial charge in [-0.3, -0.25) is 10.1 Å². The highest BCUT2D eigenvalue weighted by molar-refractivity contribution is 7.15. The van der Waals surface area contributed by atoms with Crippen LogP contribution in [-0.4, -0.2) is 17.5 Å². The average Bonchev–Trinajstić information content (AvgIpc) is 3.00. The summed E-state index contributed by atoms with van der Waals surface area (Å²) < 4.78 is 5.71. The quantitative estimate of drug-likeness (QED) is 0.737. The Morgan fingerprint density at radius 3 is 2.62 bits per heavy atom. The number of carbonyl (C=O) groups is 1. The smallest absolute Gasteiger partial charge is 0.264 e. The van der Waals surface area contributed by atoms with Crippen LogP contribution in [0.15, 0.2) is 60.8 Å². The molecule has 0 bridgehead atoms. The van der Waals surface area contributed by atoms with Gasteiger partial charge in [-0.2, -0.15) is 0 Å². The van der Waals surface area contributed by atoms with Gasteiger partial charge in [-0.05, 0) is 24.1 Å². The lowest BCUT2D eigenvalue weighted by Crippen LogP contribution is -2.20. The van der Waals surface area contributed by atoms with Crippen LogP contribution in [0, 0.1) is 6.92 Å². The van der Waals surface area contributed by atoms with E-state index in [2.05, 4.69) is 22.4 Å². The second-order valence-electron chi connectivity index (χ2n) is 5.38. The molecule has 0 aliphatic carbocycles. The standard InChI is InChI=1S/C19H18N2O2S/c1-14-12-20-19(24-14)21-18(22)13-23-17-10-6-5-9-16(17)11-15-7-3-2-4-8-15/h2-10,12H,11,13H2,1H3,(H,20,21,22). The Kier molecular flexibility index (Phi) is 5.23. The van der Waals surface area contributed by atoms with Gasteiger partial charge in [0.2, 0.25) is 0 Å². The molecule has 3 aromatic rings. The molecule has 1 aromatic heterocycles. The van der Waals surface area contributed by atoms with E-state index in [1.807, 2.05) is 49.4 Å². The van der Waals surface area contributed by atoms with Crippen LogP contribution in [-0.2, 0) is 11.2 Å². The van der Waals surface area contributed by atoms with E-state index in [9.17, 15) is 4.79 Å². The molecule has 122 valence electrons. The van der Waals surface area contributed by atoms with E-state index in [-0.39, 0.29) is 12.5 Å². The minimum atomic E-state index is -0.209. The molecule has 1 amide bonds. The Morgan fingerprint density at radius 1 is 1.12 bits per heavy atom. The molecular formula is C19H18N2O2S. The first kappa shape index (κ1) is 16.2. The summed E-state index contributed by atoms with van der Waals surface area (Å²) in [6, 6.07) is 18.0. The van der Waals surface area contributed by atoms with Crippen LogP contribution in [0.25, 0.3) is 0 Å². The third kappa shape index (κ3) is 4.43. The van der Waals surface area contributed by atoms with Crippen LogP contribution in [0.4, 0.5) is 5.13 Å². The Balaban J connectivity index is 1.61. The number of carbonyl (C=O) groups excluding carboxylic acids is 1. The van der Waals surface area contributed by atoms with E-state index in [1.54, 1.807) is 6.20 Å². The van der Waals surface area contributed by atoms with Crippen LogP contribution < -0.4 is 10.1 Å². The number of hydrogen-bond acceptors (Lipinski definition) is 4. The molecule has 1 N–H and O–H groups in total. The van der Waals surface area contributed by atoms with E-state index >= 15 is 0 Å². The molecule has 0 atom stereocenters. The Hall–Kier alpha value is -2.66. The van der Waals surface area contributed by atoms with Gasteiger partial charge < -0.3 is 4.74 Å². The molecule has 0 aliphatic rings. The highest BCUT2D eigenvalue weighted by atomic mass is 32.1. The maximum Gasteiger partial charge on any atom is 0.264 e. The van der Waals surface area contributed by atoms with Crippen molar-refractivity contribution in [1.82, 2.24) is 4.98 Å². The van der Waals surface area contributed by atoms with Crippen molar-refractivity contribution in [3.05, 3.63) is 76.8 Å². The highest BCUT2D eigenvalue weighted by Crippen LogP contribution is 2.22. The molecule has 2 aromatic carbocycles. The summed E-state index contributed by atoms with van der Waals surface area (Å²) in [7, 11) is 0. The molecule has 1 heterocycles. The normalized spacial score (nSPS) is 10.4. The van der Waals surface area contributed by atoms with Gasteiger partial charge in [0.05, 0.1) is 0 Å². The summed E-state index contributed by atoms with van der Waals surface area (Å²) >= 11 is 1.44. The molecule has 0 radical (unpaired) electrons. The van der Waals surface area contributed by atoms with Gasteiger partial charge in [0, 0.05) is 17.5 Å². The van der Waals surface area contributed by atoms with Gasteiger partial charge in [-0.15, -0.1) is 11.3 Å². The number of hydrogen-bond donors (Lipinski definition) is 1. The van der Waals surface area contributed by atoms with E-state index in [0.29, 0.717) is 5.13 Å². The van der Waals surface area contributed by atoms with Crippen molar-refractivity contribution >= 4 is 22.4 Å². The largest absolute Gasteiger partial charge is 0.483 e. The lowest BCUT2D eigenvalue weighted by molar-refractivity contribution is -0.118. The van der Waals surface area contributed by atoms with Gasteiger partial charge in [-0.1, -0.05) is 48.5 Å². The summed E-state index contributed by atoms with van der Waals surface area (Å²) in [6.07, 6.45) is 2.50. The van der Waals surface area contributed by atoms with Crippen molar-refractivity contribution in [3.8, 4) is 5.75 Å². The van der Waals surface area contributed by atoms with Gasteiger partial charge >= 0.3 is 0 Å². The lowest BCUT2D eigenvalue weighted by atomic mass is 10.0. The van der Waals surface area contributed by atoms with E-state index in [0.717, 1.165) is 22.6 Å². The van der Waals surface area contributed by atoms with Gasteiger partial charge in [0.15, 0.2) is 11.7 Å². The highest BCUT2D eigenvalue weighted by Gasteiger charge is 2.09. The molecule has 5 heteroatoms. The fraction of sp³-hybridized carbons (Fsp3) is 0.158.